The van der Waals surface area contributed by atoms with E-state index in [1.165, 1.54) is 7.11 Å². The molecule has 6 heteroatoms. The van der Waals surface area contributed by atoms with Gasteiger partial charge in [-0.3, -0.25) is 9.59 Å². The van der Waals surface area contributed by atoms with Gasteiger partial charge in [0.05, 0.1) is 33.1 Å². The summed E-state index contributed by atoms with van der Waals surface area (Å²) in [7, 11) is 2.89. The fraction of sp³-hybridized carbons (Fsp3) is 0.263. The van der Waals surface area contributed by atoms with Crippen molar-refractivity contribution in [2.75, 3.05) is 14.2 Å². The quantitative estimate of drug-likeness (QED) is 0.768. The van der Waals surface area contributed by atoms with Gasteiger partial charge < -0.3 is 14.8 Å². The van der Waals surface area contributed by atoms with Gasteiger partial charge in [-0.1, -0.05) is 35.9 Å². The number of hydrogen-bond donors (Lipinski definition) is 1. The summed E-state index contributed by atoms with van der Waals surface area (Å²) in [5.74, 6) is 0.0906. The minimum absolute atomic E-state index is 0.0436. The molecule has 0 aromatic heterocycles. The number of esters is 1. The summed E-state index contributed by atoms with van der Waals surface area (Å²) in [4.78, 5) is 24.1. The van der Waals surface area contributed by atoms with Crippen LogP contribution >= 0.6 is 11.6 Å². The standard InChI is InChI=1S/C19H20ClNO4/c1-24-16-5-3-4-13(10-16)11-18(22)21-17(12-19(23)25-2)14-6-8-15(20)9-7-14/h3-10,17H,11-12H2,1-2H3,(H,21,22)/t17-/m1/s1. The molecular weight excluding hydrogens is 342 g/mol. The Labute approximate surface area is 151 Å². The number of benzene rings is 2. The lowest BCUT2D eigenvalue weighted by Gasteiger charge is -2.18. The Morgan fingerprint density at radius 3 is 2.48 bits per heavy atom. The monoisotopic (exact) mass is 361 g/mol. The fourth-order valence-corrected chi connectivity index (χ4v) is 2.54. The zero-order chi connectivity index (χ0) is 18.2. The molecule has 0 bridgehead atoms. The summed E-state index contributed by atoms with van der Waals surface area (Å²) < 4.78 is 9.88. The van der Waals surface area contributed by atoms with Crippen molar-refractivity contribution in [2.24, 2.45) is 0 Å². The first kappa shape index (κ1) is 18.8. The van der Waals surface area contributed by atoms with Crippen LogP contribution in [0, 0.1) is 0 Å². The van der Waals surface area contributed by atoms with Gasteiger partial charge >= 0.3 is 5.97 Å². The Hall–Kier alpha value is -2.53. The molecule has 132 valence electrons. The normalized spacial score (nSPS) is 11.5. The number of halogens is 1. The van der Waals surface area contributed by atoms with Crippen LogP contribution in [0.25, 0.3) is 0 Å². The second kappa shape index (κ2) is 9.08. The van der Waals surface area contributed by atoms with Crippen LogP contribution in [-0.4, -0.2) is 26.1 Å². The third-order valence-electron chi connectivity index (χ3n) is 3.70. The van der Waals surface area contributed by atoms with Crippen molar-refractivity contribution >= 4 is 23.5 Å². The fourth-order valence-electron chi connectivity index (χ4n) is 2.41. The van der Waals surface area contributed by atoms with Crippen LogP contribution in [0.15, 0.2) is 48.5 Å². The molecule has 0 fully saturated rings. The molecule has 0 unspecified atom stereocenters. The van der Waals surface area contributed by atoms with Crippen molar-refractivity contribution in [3.05, 3.63) is 64.7 Å². The van der Waals surface area contributed by atoms with Crippen molar-refractivity contribution in [3.63, 3.8) is 0 Å². The van der Waals surface area contributed by atoms with Crippen molar-refractivity contribution in [2.45, 2.75) is 18.9 Å². The van der Waals surface area contributed by atoms with Crippen LogP contribution in [0.5, 0.6) is 5.75 Å². The first-order valence-corrected chi connectivity index (χ1v) is 8.14. The van der Waals surface area contributed by atoms with Gasteiger partial charge in [-0.25, -0.2) is 0 Å². The van der Waals surface area contributed by atoms with Crippen LogP contribution in [0.2, 0.25) is 5.02 Å². The second-order valence-electron chi connectivity index (χ2n) is 5.48. The Bertz CT molecular complexity index is 730. The maximum absolute atomic E-state index is 12.4. The predicted molar refractivity (Wildman–Crippen MR) is 95.7 cm³/mol. The molecule has 1 amide bonds. The zero-order valence-corrected chi connectivity index (χ0v) is 14.9. The summed E-state index contributed by atoms with van der Waals surface area (Å²) in [5.41, 5.74) is 1.61. The van der Waals surface area contributed by atoms with Gasteiger partial charge in [0, 0.05) is 5.02 Å². The molecule has 0 saturated carbocycles. The molecular formula is C19H20ClNO4. The third kappa shape index (κ3) is 5.80. The minimum Gasteiger partial charge on any atom is -0.497 e. The third-order valence-corrected chi connectivity index (χ3v) is 3.96. The van der Waals surface area contributed by atoms with Gasteiger partial charge in [0.25, 0.3) is 0 Å². The van der Waals surface area contributed by atoms with E-state index >= 15 is 0 Å². The molecule has 2 rings (SSSR count). The average molecular weight is 362 g/mol. The SMILES string of the molecule is COC(=O)C[C@@H](NC(=O)Cc1cccc(OC)c1)c1ccc(Cl)cc1. The maximum atomic E-state index is 12.4. The van der Waals surface area contributed by atoms with E-state index in [4.69, 9.17) is 21.1 Å². The summed E-state index contributed by atoms with van der Waals surface area (Å²) in [6, 6.07) is 13.8. The van der Waals surface area contributed by atoms with E-state index in [1.807, 2.05) is 18.2 Å². The van der Waals surface area contributed by atoms with E-state index in [9.17, 15) is 9.59 Å². The van der Waals surface area contributed by atoms with Crippen LogP contribution in [0.3, 0.4) is 0 Å². The van der Waals surface area contributed by atoms with E-state index in [1.54, 1.807) is 37.4 Å². The Morgan fingerprint density at radius 2 is 1.84 bits per heavy atom. The van der Waals surface area contributed by atoms with Crippen molar-refractivity contribution < 1.29 is 19.1 Å². The van der Waals surface area contributed by atoms with Gasteiger partial charge in [0.1, 0.15) is 5.75 Å². The number of ether oxygens (including phenoxy) is 2. The molecule has 2 aromatic carbocycles. The molecule has 0 aliphatic heterocycles. The number of amides is 1. The number of rotatable bonds is 7. The summed E-state index contributed by atoms with van der Waals surface area (Å²) >= 11 is 5.90. The molecule has 0 aliphatic carbocycles. The zero-order valence-electron chi connectivity index (χ0n) is 14.1. The highest BCUT2D eigenvalue weighted by molar-refractivity contribution is 6.30. The topological polar surface area (TPSA) is 64.6 Å². The second-order valence-corrected chi connectivity index (χ2v) is 5.92. The van der Waals surface area contributed by atoms with Gasteiger partial charge in [-0.15, -0.1) is 0 Å². The number of nitrogens with one attached hydrogen (secondary N) is 1. The number of hydrogen-bond acceptors (Lipinski definition) is 4. The summed E-state index contributed by atoms with van der Waals surface area (Å²) in [6.07, 6.45) is 0.227. The van der Waals surface area contributed by atoms with E-state index in [0.29, 0.717) is 10.8 Å². The number of carbonyl (C=O) groups is 2. The van der Waals surface area contributed by atoms with E-state index in [-0.39, 0.29) is 18.7 Å². The first-order valence-electron chi connectivity index (χ1n) is 7.76. The lowest BCUT2D eigenvalue weighted by molar-refractivity contribution is -0.141. The Balaban J connectivity index is 2.10. The van der Waals surface area contributed by atoms with Gasteiger partial charge in [0.15, 0.2) is 0 Å². The molecule has 1 N–H and O–H groups in total. The Morgan fingerprint density at radius 1 is 1.12 bits per heavy atom. The number of methoxy groups -OCH3 is 2. The van der Waals surface area contributed by atoms with Gasteiger partial charge in [-0.2, -0.15) is 0 Å². The molecule has 0 radical (unpaired) electrons. The lowest BCUT2D eigenvalue weighted by Crippen LogP contribution is -2.31. The van der Waals surface area contributed by atoms with Crippen molar-refractivity contribution in [1.29, 1.82) is 0 Å². The van der Waals surface area contributed by atoms with Gasteiger partial charge in [-0.05, 0) is 35.4 Å². The van der Waals surface area contributed by atoms with Crippen LogP contribution < -0.4 is 10.1 Å². The molecule has 0 spiro atoms. The molecule has 5 nitrogen and oxygen atoms in total. The summed E-state index contributed by atoms with van der Waals surface area (Å²) in [6.45, 7) is 0. The molecule has 0 aliphatic rings. The average Bonchev–Trinajstić information content (AvgIpc) is 2.61. The lowest BCUT2D eigenvalue weighted by atomic mass is 10.0. The smallest absolute Gasteiger partial charge is 0.307 e. The molecule has 2 aromatic rings. The van der Waals surface area contributed by atoms with E-state index in [0.717, 1.165) is 11.1 Å². The van der Waals surface area contributed by atoms with Gasteiger partial charge in [0.2, 0.25) is 5.91 Å². The van der Waals surface area contributed by atoms with Crippen molar-refractivity contribution in [3.8, 4) is 5.75 Å². The van der Waals surface area contributed by atoms with E-state index < -0.39 is 12.0 Å². The highest BCUT2D eigenvalue weighted by Gasteiger charge is 2.19. The van der Waals surface area contributed by atoms with E-state index in [2.05, 4.69) is 5.32 Å². The van der Waals surface area contributed by atoms with Crippen LogP contribution in [-0.2, 0) is 20.7 Å². The van der Waals surface area contributed by atoms with Crippen LogP contribution in [0.4, 0.5) is 0 Å². The minimum atomic E-state index is -0.483. The predicted octanol–water partition coefficient (Wildman–Crippen LogP) is 3.31. The molecule has 0 saturated heterocycles. The highest BCUT2D eigenvalue weighted by Crippen LogP contribution is 2.20. The largest absolute Gasteiger partial charge is 0.497 e. The number of carbonyl (C=O) groups excluding carboxylic acids is 2. The summed E-state index contributed by atoms with van der Waals surface area (Å²) in [5, 5.41) is 3.47. The molecule has 25 heavy (non-hydrogen) atoms. The van der Waals surface area contributed by atoms with Crippen LogP contribution in [0.1, 0.15) is 23.6 Å². The maximum Gasteiger partial charge on any atom is 0.307 e. The highest BCUT2D eigenvalue weighted by atomic mass is 35.5. The van der Waals surface area contributed by atoms with Crippen molar-refractivity contribution in [1.82, 2.24) is 5.32 Å². The Kier molecular flexibility index (Phi) is 6.83. The molecule has 1 atom stereocenters. The molecule has 0 heterocycles. The first-order chi connectivity index (χ1) is 12.0.